The molecule has 0 amide bonds. The highest BCUT2D eigenvalue weighted by molar-refractivity contribution is 5.87. The molecule has 106 valence electrons. The van der Waals surface area contributed by atoms with Crippen molar-refractivity contribution in [2.75, 3.05) is 14.2 Å². The first-order valence-corrected chi connectivity index (χ1v) is 5.92. The summed E-state index contributed by atoms with van der Waals surface area (Å²) in [5.74, 6) is 0.457. The van der Waals surface area contributed by atoms with Crippen LogP contribution < -0.4 is 9.47 Å². The maximum atomic E-state index is 10.9. The van der Waals surface area contributed by atoms with Gasteiger partial charge in [0.1, 0.15) is 11.5 Å². The van der Waals surface area contributed by atoms with Gasteiger partial charge in [-0.15, -0.1) is 0 Å². The number of hydrogen-bond acceptors (Lipinski definition) is 5. The van der Waals surface area contributed by atoms with Crippen LogP contribution in [0.1, 0.15) is 21.6 Å². The highest BCUT2D eigenvalue weighted by Gasteiger charge is 2.20. The highest BCUT2D eigenvalue weighted by atomic mass is 16.5. The molecule has 2 rings (SSSR count). The van der Waals surface area contributed by atoms with E-state index in [2.05, 4.69) is 5.16 Å². The Morgan fingerprint density at radius 1 is 1.20 bits per heavy atom. The Kier molecular flexibility index (Phi) is 3.65. The number of rotatable bonds is 4. The lowest BCUT2D eigenvalue weighted by atomic mass is 10.0. The summed E-state index contributed by atoms with van der Waals surface area (Å²) in [6, 6.07) is 3.10. The van der Waals surface area contributed by atoms with E-state index in [1.807, 2.05) is 13.8 Å². The van der Waals surface area contributed by atoms with Gasteiger partial charge in [-0.2, -0.15) is 0 Å². The van der Waals surface area contributed by atoms with Gasteiger partial charge >= 0.3 is 5.97 Å². The van der Waals surface area contributed by atoms with Gasteiger partial charge in [-0.25, -0.2) is 4.79 Å². The summed E-state index contributed by atoms with van der Waals surface area (Å²) >= 11 is 0. The lowest BCUT2D eigenvalue weighted by Crippen LogP contribution is -1.97. The van der Waals surface area contributed by atoms with Crippen LogP contribution in [0.5, 0.6) is 11.5 Å². The number of methoxy groups -OCH3 is 2. The van der Waals surface area contributed by atoms with Gasteiger partial charge in [0.05, 0.1) is 19.8 Å². The zero-order valence-corrected chi connectivity index (χ0v) is 11.7. The minimum absolute atomic E-state index is 0.153. The molecule has 6 heteroatoms. The van der Waals surface area contributed by atoms with E-state index >= 15 is 0 Å². The molecule has 1 aromatic carbocycles. The number of carboxylic acid groups (broad SMARTS) is 1. The molecule has 0 atom stereocenters. The molecular formula is C14H15NO5. The Morgan fingerprint density at radius 2 is 1.90 bits per heavy atom. The number of carboxylic acids is 1. The second-order valence-electron chi connectivity index (χ2n) is 4.29. The van der Waals surface area contributed by atoms with Crippen molar-refractivity contribution < 1.29 is 23.9 Å². The average Bonchev–Trinajstić information content (AvgIpc) is 2.91. The van der Waals surface area contributed by atoms with Crippen molar-refractivity contribution in [3.63, 3.8) is 0 Å². The smallest absolute Gasteiger partial charge is 0.358 e. The molecule has 0 aliphatic heterocycles. The van der Waals surface area contributed by atoms with Gasteiger partial charge in [-0.3, -0.25) is 0 Å². The van der Waals surface area contributed by atoms with Gasteiger partial charge in [0.2, 0.25) is 0 Å². The Morgan fingerprint density at radius 3 is 2.40 bits per heavy atom. The van der Waals surface area contributed by atoms with E-state index in [0.717, 1.165) is 11.1 Å². The van der Waals surface area contributed by atoms with Crippen molar-refractivity contribution in [1.29, 1.82) is 0 Å². The third kappa shape index (κ3) is 2.20. The fourth-order valence-corrected chi connectivity index (χ4v) is 2.02. The van der Waals surface area contributed by atoms with Crippen LogP contribution in [0.25, 0.3) is 11.3 Å². The van der Waals surface area contributed by atoms with Crippen LogP contribution in [0.2, 0.25) is 0 Å². The van der Waals surface area contributed by atoms with Gasteiger partial charge in [-0.1, -0.05) is 5.16 Å². The number of hydrogen-bond donors (Lipinski definition) is 1. The van der Waals surface area contributed by atoms with Crippen molar-refractivity contribution in [3.8, 4) is 22.8 Å². The minimum atomic E-state index is -1.14. The fourth-order valence-electron chi connectivity index (χ4n) is 2.02. The molecule has 0 fully saturated rings. The summed E-state index contributed by atoms with van der Waals surface area (Å²) in [5.41, 5.74) is 2.30. The first-order chi connectivity index (χ1) is 9.49. The molecular weight excluding hydrogens is 262 g/mol. The van der Waals surface area contributed by atoms with E-state index in [9.17, 15) is 4.79 Å². The van der Waals surface area contributed by atoms with Crippen LogP contribution in [0.3, 0.4) is 0 Å². The van der Waals surface area contributed by atoms with Crippen LogP contribution >= 0.6 is 0 Å². The van der Waals surface area contributed by atoms with Gasteiger partial charge < -0.3 is 19.1 Å². The first-order valence-electron chi connectivity index (χ1n) is 5.92. The third-order valence-electron chi connectivity index (χ3n) is 3.21. The molecule has 6 nitrogen and oxygen atoms in total. The molecule has 0 unspecified atom stereocenters. The molecule has 0 saturated heterocycles. The summed E-state index contributed by atoms with van der Waals surface area (Å²) in [5, 5.41) is 12.4. The second-order valence-corrected chi connectivity index (χ2v) is 4.29. The minimum Gasteiger partial charge on any atom is -0.496 e. The number of nitrogens with zero attached hydrogens (tertiary/aromatic N) is 1. The lowest BCUT2D eigenvalue weighted by Gasteiger charge is -2.15. The first kappa shape index (κ1) is 13.9. The van der Waals surface area contributed by atoms with Crippen molar-refractivity contribution in [2.24, 2.45) is 0 Å². The topological polar surface area (TPSA) is 81.8 Å². The van der Waals surface area contributed by atoms with E-state index in [1.54, 1.807) is 20.3 Å². The van der Waals surface area contributed by atoms with Gasteiger partial charge in [-0.05, 0) is 31.0 Å². The van der Waals surface area contributed by atoms with E-state index in [1.165, 1.54) is 6.07 Å². The molecule has 0 bridgehead atoms. The predicted octanol–water partition coefficient (Wildman–Crippen LogP) is 2.67. The van der Waals surface area contributed by atoms with Crippen LogP contribution in [0, 0.1) is 13.8 Å². The number of aromatic nitrogens is 1. The molecule has 0 radical (unpaired) electrons. The molecule has 0 aliphatic carbocycles. The zero-order chi connectivity index (χ0) is 14.9. The zero-order valence-electron chi connectivity index (χ0n) is 11.7. The lowest BCUT2D eigenvalue weighted by molar-refractivity contribution is 0.0686. The molecule has 20 heavy (non-hydrogen) atoms. The Labute approximate surface area is 115 Å². The standard InChI is InChI=1S/C14H15NO5/c1-7-8(2)13(19-4)9(5-11(7)18-3)12-6-10(14(16)17)15-20-12/h5-6H,1-4H3,(H,16,17). The SMILES string of the molecule is COc1cc(-c2cc(C(=O)O)no2)c(OC)c(C)c1C. The van der Waals surface area contributed by atoms with Gasteiger partial charge in [0.15, 0.2) is 11.5 Å². The molecule has 1 N–H and O–H groups in total. The van der Waals surface area contributed by atoms with Crippen molar-refractivity contribution in [1.82, 2.24) is 5.16 Å². The largest absolute Gasteiger partial charge is 0.496 e. The molecule has 1 aromatic heterocycles. The molecule has 1 heterocycles. The Balaban J connectivity index is 2.65. The number of aromatic carboxylic acids is 1. The van der Waals surface area contributed by atoms with E-state index in [-0.39, 0.29) is 5.69 Å². The number of ether oxygens (including phenoxy) is 2. The van der Waals surface area contributed by atoms with Crippen molar-refractivity contribution >= 4 is 5.97 Å². The normalized spacial score (nSPS) is 10.4. The summed E-state index contributed by atoms with van der Waals surface area (Å²) in [4.78, 5) is 10.9. The molecule has 0 aliphatic rings. The van der Waals surface area contributed by atoms with Crippen LogP contribution in [-0.2, 0) is 0 Å². The average molecular weight is 277 g/mol. The summed E-state index contributed by atoms with van der Waals surface area (Å²) in [6.07, 6.45) is 0. The van der Waals surface area contributed by atoms with Gasteiger partial charge in [0.25, 0.3) is 0 Å². The molecule has 0 spiro atoms. The van der Waals surface area contributed by atoms with Crippen LogP contribution in [0.4, 0.5) is 0 Å². The van der Waals surface area contributed by atoms with Crippen molar-refractivity contribution in [3.05, 3.63) is 29.0 Å². The Hall–Kier alpha value is -2.50. The number of carbonyl (C=O) groups is 1. The summed E-state index contributed by atoms with van der Waals surface area (Å²) in [6.45, 7) is 3.82. The monoisotopic (exact) mass is 277 g/mol. The predicted molar refractivity (Wildman–Crippen MR) is 71.5 cm³/mol. The van der Waals surface area contributed by atoms with E-state index in [4.69, 9.17) is 19.1 Å². The highest BCUT2D eigenvalue weighted by Crippen LogP contribution is 2.39. The molecule has 2 aromatic rings. The quantitative estimate of drug-likeness (QED) is 0.925. The maximum absolute atomic E-state index is 10.9. The van der Waals surface area contributed by atoms with Crippen LogP contribution in [0.15, 0.2) is 16.7 Å². The van der Waals surface area contributed by atoms with E-state index < -0.39 is 5.97 Å². The number of benzene rings is 1. The maximum Gasteiger partial charge on any atom is 0.358 e. The molecule has 0 saturated carbocycles. The fraction of sp³-hybridized carbons (Fsp3) is 0.286. The van der Waals surface area contributed by atoms with Crippen LogP contribution in [-0.4, -0.2) is 30.5 Å². The third-order valence-corrected chi connectivity index (χ3v) is 3.21. The summed E-state index contributed by atoms with van der Waals surface area (Å²) < 4.78 is 15.8. The second kappa shape index (κ2) is 5.24. The Bertz CT molecular complexity index is 660. The van der Waals surface area contributed by atoms with Gasteiger partial charge in [0, 0.05) is 6.07 Å². The van der Waals surface area contributed by atoms with Crippen molar-refractivity contribution in [2.45, 2.75) is 13.8 Å². The summed E-state index contributed by atoms with van der Waals surface area (Å²) in [7, 11) is 3.12. The van der Waals surface area contributed by atoms with E-state index in [0.29, 0.717) is 22.8 Å².